The van der Waals surface area contributed by atoms with Crippen LogP contribution in [0, 0.1) is 86.5 Å². The molecule has 0 saturated carbocycles. The molecule has 0 aliphatic heterocycles. The van der Waals surface area contributed by atoms with Gasteiger partial charge in [0.2, 0.25) is 0 Å². The Morgan fingerprint density at radius 1 is 0.263 bits per heavy atom. The molecule has 20 aromatic carbocycles. The molecule has 0 bridgehead atoms. The summed E-state index contributed by atoms with van der Waals surface area (Å²) in [6, 6.07) is 151. The minimum atomic E-state index is 0. The fraction of sp³-hybridized carbons (Fsp3) is 0.0631. The molecule has 118 heavy (non-hydrogen) atoms. The molecule has 0 saturated heterocycles. The standard InChI is InChI=1S/C111H75N3O2.2U/c1-5-25-75(26-6-1)82-31-19-36-90(71-82)112(87-34-11-4-12-35-87)100-66-56-80-54-65-99-102(68-57-81-53-64-98(100)108(80)109(81)99)114(103-42-22-41-96-94-39-16-18-44-105(94)116-111(96)103)89-60-47-74(48-61-89)24-14-13-23-73-45-58-88(59-46-73)113(91-37-20-32-83(72-91)76-27-7-2-8-28-76)101-67-55-79-51-62-92-84(50-49-78-52-63-97(101)107(79)106(78)92)69-86(77-29-9-3-10-30-77)70-85-33-21-40-95-93-38-15-17-43-104(93)115-110(85)95;;/h1-12,15-22,25,27,29-68,86H,13-14,23-24,69-70H2;;/q-4;2*+2. The van der Waals surface area contributed by atoms with E-state index in [0.29, 0.717) is 0 Å². The number of nitrogens with zero attached hydrogens (tertiary/aromatic N) is 3. The van der Waals surface area contributed by atoms with Crippen LogP contribution in [0.5, 0.6) is 0 Å². The molecule has 5 nitrogen and oxygen atoms in total. The Morgan fingerprint density at radius 2 is 0.661 bits per heavy atom. The van der Waals surface area contributed by atoms with E-state index < -0.39 is 0 Å². The van der Waals surface area contributed by atoms with E-state index >= 15 is 0 Å². The molecule has 0 spiro atoms. The van der Waals surface area contributed by atoms with Gasteiger partial charge in [-0.15, -0.1) is 24.3 Å². The maximum atomic E-state index is 6.92. The van der Waals surface area contributed by atoms with Gasteiger partial charge in [-0.05, 0) is 205 Å². The Hall–Kier alpha value is -12.4. The van der Waals surface area contributed by atoms with Crippen molar-refractivity contribution < 1.29 is 71.1 Å². The third-order valence-corrected chi connectivity index (χ3v) is 24.0. The zero-order valence-corrected chi connectivity index (χ0v) is 73.1. The number of furan rings is 2. The molecule has 2 heterocycles. The molecule has 0 N–H and O–H groups in total. The average molecular weight is 1960 g/mol. The molecule has 22 aromatic rings. The van der Waals surface area contributed by atoms with Crippen molar-refractivity contribution in [1.82, 2.24) is 0 Å². The van der Waals surface area contributed by atoms with E-state index in [9.17, 15) is 0 Å². The third-order valence-electron chi connectivity index (χ3n) is 24.0. The van der Waals surface area contributed by atoms with Crippen LogP contribution in [0.1, 0.15) is 46.6 Å². The summed E-state index contributed by atoms with van der Waals surface area (Å²) in [5.41, 5.74) is 23.5. The second kappa shape index (κ2) is 31.9. The molecular weight excluding hydrogens is 1880 g/mol. The second-order valence-electron chi connectivity index (χ2n) is 30.8. The van der Waals surface area contributed by atoms with E-state index in [4.69, 9.17) is 8.83 Å². The Bertz CT molecular complexity index is 7410. The van der Waals surface area contributed by atoms with Crippen molar-refractivity contribution in [3.8, 4) is 22.3 Å². The van der Waals surface area contributed by atoms with Crippen LogP contribution in [0.4, 0.5) is 51.2 Å². The van der Waals surface area contributed by atoms with Gasteiger partial charge < -0.3 is 23.5 Å². The number of fused-ring (bicyclic) bond motifs is 6. The van der Waals surface area contributed by atoms with Crippen LogP contribution < -0.4 is 14.7 Å². The Balaban J connectivity index is 0.00000447. The second-order valence-corrected chi connectivity index (χ2v) is 30.8. The molecule has 554 valence electrons. The van der Waals surface area contributed by atoms with Crippen molar-refractivity contribution >= 4 is 160 Å². The summed E-state index contributed by atoms with van der Waals surface area (Å²) in [4.78, 5) is 7.20. The maximum Gasteiger partial charge on any atom is 2.00 e. The topological polar surface area (TPSA) is 36.0 Å². The minimum absolute atomic E-state index is 0. The quantitative estimate of drug-likeness (QED) is 0.0407. The van der Waals surface area contributed by atoms with Crippen LogP contribution in [0.3, 0.4) is 0 Å². The van der Waals surface area contributed by atoms with Crippen LogP contribution in [0.2, 0.25) is 0 Å². The smallest absolute Gasteiger partial charge is 0.456 e. The van der Waals surface area contributed by atoms with E-state index in [0.717, 1.165) is 161 Å². The molecule has 2 aromatic heterocycles. The zero-order chi connectivity index (χ0) is 76.6. The van der Waals surface area contributed by atoms with Crippen LogP contribution in [-0.2, 0) is 25.7 Å². The van der Waals surface area contributed by atoms with Gasteiger partial charge >= 0.3 is 62.2 Å². The molecule has 0 fully saturated rings. The number of benzene rings is 20. The average Bonchev–Trinajstić information content (AvgIpc) is 0.840. The minimum Gasteiger partial charge on any atom is -0.456 e. The zero-order valence-electron chi connectivity index (χ0n) is 64.8. The van der Waals surface area contributed by atoms with E-state index in [1.54, 1.807) is 0 Å². The van der Waals surface area contributed by atoms with Crippen molar-refractivity contribution in [2.24, 2.45) is 0 Å². The molecular formula is C111H75N3O2U2. The van der Waals surface area contributed by atoms with Gasteiger partial charge in [-0.25, -0.2) is 22.3 Å². The third kappa shape index (κ3) is 13.5. The first-order valence-corrected chi connectivity index (χ1v) is 40.4. The number of aryl methyl sites for hydroxylation is 2. The molecule has 0 aliphatic rings. The van der Waals surface area contributed by atoms with Crippen LogP contribution >= 0.6 is 0 Å². The maximum absolute atomic E-state index is 6.92. The summed E-state index contributed by atoms with van der Waals surface area (Å²) in [5.74, 6) is 0.200. The Labute approximate surface area is 733 Å². The van der Waals surface area contributed by atoms with Gasteiger partial charge in [0.25, 0.3) is 0 Å². The van der Waals surface area contributed by atoms with E-state index in [1.165, 1.54) is 87.1 Å². The molecule has 1 atom stereocenters. The molecule has 7 heteroatoms. The van der Waals surface area contributed by atoms with Gasteiger partial charge in [0, 0.05) is 54.8 Å². The number of rotatable bonds is 21. The summed E-state index contributed by atoms with van der Waals surface area (Å²) in [6.45, 7) is 0. The van der Waals surface area contributed by atoms with Gasteiger partial charge in [-0.1, -0.05) is 218 Å². The normalized spacial score (nSPS) is 11.9. The Kier molecular flexibility index (Phi) is 20.1. The number of unbranched alkanes of at least 4 members (excludes halogenated alkanes) is 1. The first-order valence-electron chi connectivity index (χ1n) is 40.4. The van der Waals surface area contributed by atoms with Crippen molar-refractivity contribution in [3.63, 3.8) is 0 Å². The Morgan fingerprint density at radius 3 is 1.19 bits per heavy atom. The van der Waals surface area contributed by atoms with Crippen molar-refractivity contribution in [2.45, 2.75) is 44.4 Å². The number of hydrogen-bond acceptors (Lipinski definition) is 5. The van der Waals surface area contributed by atoms with Gasteiger partial charge in [-0.3, -0.25) is 0 Å². The van der Waals surface area contributed by atoms with E-state index in [-0.39, 0.29) is 68.1 Å². The number of para-hydroxylation sites is 5. The molecule has 0 radical (unpaired) electrons. The molecule has 0 aliphatic carbocycles. The summed E-state index contributed by atoms with van der Waals surface area (Å²) in [5, 5.41) is 19.1. The summed E-state index contributed by atoms with van der Waals surface area (Å²) in [6.07, 6.45) is 5.70. The summed E-state index contributed by atoms with van der Waals surface area (Å²) >= 11 is 0. The SMILES string of the molecule is [U+2].[U+2].[c-]1ccccc1-c1[c-]c(N(c2ccc(CCCCc3ccc(N(c4ccc5ccc6c(N(c7[c-]c(-c8[c-]cccc8)ccc7)c7ccccc7)ccc7ccc4c5c76)c4cccc5c4oc4ccccc45)cc3)cc2)c2ccc3ccc4c(CC(Cc5cccc6c5oc5ccccc56)c5ccccc5)ccc5ccc2c3c54)ccc1. The number of hydrogen-bond donors (Lipinski definition) is 0. The molecule has 0 amide bonds. The first kappa shape index (κ1) is 74.4. The predicted octanol–water partition coefficient (Wildman–Crippen LogP) is 30.4. The first-order chi connectivity index (χ1) is 57.5. The van der Waals surface area contributed by atoms with Gasteiger partial charge in [-0.2, -0.15) is 84.9 Å². The molecule has 22 rings (SSSR count). The van der Waals surface area contributed by atoms with Crippen molar-refractivity contribution in [1.29, 1.82) is 0 Å². The van der Waals surface area contributed by atoms with Gasteiger partial charge in [0.05, 0.1) is 22.7 Å². The van der Waals surface area contributed by atoms with Crippen LogP contribution in [-0.4, -0.2) is 0 Å². The van der Waals surface area contributed by atoms with Gasteiger partial charge in [0.15, 0.2) is 5.58 Å². The fourth-order valence-electron chi connectivity index (χ4n) is 18.5. The number of anilines is 9. The summed E-state index contributed by atoms with van der Waals surface area (Å²) < 4.78 is 13.6. The van der Waals surface area contributed by atoms with Crippen molar-refractivity contribution in [3.05, 3.63) is 428 Å². The fourth-order valence-corrected chi connectivity index (χ4v) is 18.5. The molecule has 1 unspecified atom stereocenters. The largest absolute Gasteiger partial charge is 2.00 e. The monoisotopic (exact) mass is 1960 g/mol. The van der Waals surface area contributed by atoms with E-state index in [1.807, 2.05) is 24.3 Å². The van der Waals surface area contributed by atoms with E-state index in [2.05, 4.69) is 391 Å². The van der Waals surface area contributed by atoms with Crippen molar-refractivity contribution in [2.75, 3.05) is 14.7 Å². The van der Waals surface area contributed by atoms with Crippen LogP contribution in [0.25, 0.3) is 131 Å². The predicted molar refractivity (Wildman–Crippen MR) is 485 cm³/mol. The summed E-state index contributed by atoms with van der Waals surface area (Å²) in [7, 11) is 0. The van der Waals surface area contributed by atoms with Gasteiger partial charge in [0.1, 0.15) is 16.7 Å². The van der Waals surface area contributed by atoms with Crippen LogP contribution in [0.15, 0.2) is 385 Å².